The summed E-state index contributed by atoms with van der Waals surface area (Å²) in [6, 6.07) is 3.70. The van der Waals surface area contributed by atoms with Gasteiger partial charge in [-0.1, -0.05) is 6.07 Å². The zero-order chi connectivity index (χ0) is 12.1. The number of nitrogens with two attached hydrogens (primary N) is 1. The number of ether oxygens (including phenoxy) is 1. The maximum absolute atomic E-state index is 11.8. The highest BCUT2D eigenvalue weighted by atomic mass is 16.5. The number of nitrogens with one attached hydrogen (secondary N) is 1. The van der Waals surface area contributed by atoms with E-state index in [-0.39, 0.29) is 17.9 Å². The average Bonchev–Trinajstić information content (AvgIpc) is 2.77. The zero-order valence-corrected chi connectivity index (χ0v) is 9.63. The van der Waals surface area contributed by atoms with E-state index < -0.39 is 0 Å². The van der Waals surface area contributed by atoms with Gasteiger partial charge in [0.15, 0.2) is 0 Å². The molecule has 0 radical (unpaired) electrons. The second-order valence-electron chi connectivity index (χ2n) is 4.21. The highest BCUT2D eigenvalue weighted by Crippen LogP contribution is 2.11. The van der Waals surface area contributed by atoms with Crippen LogP contribution in [0, 0.1) is 5.92 Å². The highest BCUT2D eigenvalue weighted by molar-refractivity contribution is 5.79. The third-order valence-electron chi connectivity index (χ3n) is 2.90. The molecule has 0 aliphatic carbocycles. The van der Waals surface area contributed by atoms with Crippen LogP contribution in [0.15, 0.2) is 24.5 Å². The Balaban J connectivity index is 1.73. The summed E-state index contributed by atoms with van der Waals surface area (Å²) in [6.45, 7) is 1.51. The monoisotopic (exact) mass is 235 g/mol. The van der Waals surface area contributed by atoms with Crippen LogP contribution in [0.5, 0.6) is 0 Å². The number of carbonyl (C=O) groups excluding carboxylic acids is 1. The summed E-state index contributed by atoms with van der Waals surface area (Å²) in [5.41, 5.74) is 6.88. The minimum absolute atomic E-state index is 0.0149. The molecule has 1 saturated heterocycles. The Hall–Kier alpha value is -1.46. The van der Waals surface area contributed by atoms with Gasteiger partial charge in [-0.3, -0.25) is 9.78 Å². The van der Waals surface area contributed by atoms with Crippen molar-refractivity contribution in [2.45, 2.75) is 12.5 Å². The first kappa shape index (κ1) is 12.0. The first-order valence-corrected chi connectivity index (χ1v) is 5.77. The fraction of sp³-hybridized carbons (Fsp3) is 0.500. The Labute approximate surface area is 100 Å². The largest absolute Gasteiger partial charge is 0.379 e. The number of aromatic nitrogens is 1. The molecule has 1 aliphatic heterocycles. The van der Waals surface area contributed by atoms with Gasteiger partial charge >= 0.3 is 0 Å². The van der Waals surface area contributed by atoms with Gasteiger partial charge in [-0.2, -0.15) is 0 Å². The minimum atomic E-state index is -0.205. The van der Waals surface area contributed by atoms with E-state index in [2.05, 4.69) is 10.3 Å². The van der Waals surface area contributed by atoms with E-state index in [9.17, 15) is 4.79 Å². The summed E-state index contributed by atoms with van der Waals surface area (Å²) in [5.74, 6) is -0.220. The first-order chi connectivity index (χ1) is 8.27. The lowest BCUT2D eigenvalue weighted by atomic mass is 10.0. The molecule has 2 unspecified atom stereocenters. The van der Waals surface area contributed by atoms with Crippen molar-refractivity contribution in [2.24, 2.45) is 11.7 Å². The van der Waals surface area contributed by atoms with Crippen LogP contribution in [-0.2, 0) is 16.0 Å². The van der Waals surface area contributed by atoms with Gasteiger partial charge in [0.2, 0.25) is 5.91 Å². The van der Waals surface area contributed by atoms with Crippen LogP contribution in [0.25, 0.3) is 0 Å². The molecule has 5 heteroatoms. The molecule has 1 aromatic rings. The number of hydrogen-bond acceptors (Lipinski definition) is 4. The molecular weight excluding hydrogens is 218 g/mol. The molecule has 1 fully saturated rings. The molecule has 0 aromatic carbocycles. The molecule has 0 bridgehead atoms. The molecule has 2 heterocycles. The summed E-state index contributed by atoms with van der Waals surface area (Å²) < 4.78 is 5.16. The molecule has 1 amide bonds. The van der Waals surface area contributed by atoms with E-state index in [0.29, 0.717) is 19.8 Å². The summed E-state index contributed by atoms with van der Waals surface area (Å²) in [7, 11) is 0. The van der Waals surface area contributed by atoms with Crippen molar-refractivity contribution in [3.05, 3.63) is 30.1 Å². The van der Waals surface area contributed by atoms with Gasteiger partial charge in [0.05, 0.1) is 19.1 Å². The smallest absolute Gasteiger partial charge is 0.227 e. The number of carbonyl (C=O) groups is 1. The molecular formula is C12H17N3O2. The highest BCUT2D eigenvalue weighted by Gasteiger charge is 2.30. The van der Waals surface area contributed by atoms with E-state index in [0.717, 1.165) is 12.0 Å². The molecule has 2 rings (SSSR count). The van der Waals surface area contributed by atoms with Crippen molar-refractivity contribution in [1.82, 2.24) is 10.3 Å². The second kappa shape index (κ2) is 5.75. The van der Waals surface area contributed by atoms with E-state index in [1.165, 1.54) is 0 Å². The molecule has 0 saturated carbocycles. The Morgan fingerprint density at radius 2 is 2.47 bits per heavy atom. The summed E-state index contributed by atoms with van der Waals surface area (Å²) in [4.78, 5) is 15.8. The number of amides is 1. The topological polar surface area (TPSA) is 77.2 Å². The van der Waals surface area contributed by atoms with Gasteiger partial charge < -0.3 is 15.8 Å². The molecule has 1 aromatic heterocycles. The molecule has 5 nitrogen and oxygen atoms in total. The number of hydrogen-bond donors (Lipinski definition) is 2. The predicted octanol–water partition coefficient (Wildman–Crippen LogP) is -0.286. The van der Waals surface area contributed by atoms with Crippen LogP contribution in [0.3, 0.4) is 0 Å². The Morgan fingerprint density at radius 1 is 1.59 bits per heavy atom. The summed E-state index contributed by atoms with van der Waals surface area (Å²) in [5, 5.41) is 2.88. The number of nitrogens with zero attached hydrogens (tertiary/aromatic N) is 1. The first-order valence-electron chi connectivity index (χ1n) is 5.77. The van der Waals surface area contributed by atoms with E-state index in [1.54, 1.807) is 12.4 Å². The lowest BCUT2D eigenvalue weighted by Gasteiger charge is -2.13. The lowest BCUT2D eigenvalue weighted by molar-refractivity contribution is -0.125. The maximum atomic E-state index is 11.8. The van der Waals surface area contributed by atoms with Crippen LogP contribution in [0.4, 0.5) is 0 Å². The van der Waals surface area contributed by atoms with E-state index >= 15 is 0 Å². The molecule has 17 heavy (non-hydrogen) atoms. The fourth-order valence-electron chi connectivity index (χ4n) is 1.85. The van der Waals surface area contributed by atoms with Gasteiger partial charge in [0, 0.05) is 25.0 Å². The van der Waals surface area contributed by atoms with E-state index in [4.69, 9.17) is 10.5 Å². The van der Waals surface area contributed by atoms with Crippen LogP contribution in [0.1, 0.15) is 5.56 Å². The van der Waals surface area contributed by atoms with Crippen LogP contribution >= 0.6 is 0 Å². The number of pyridine rings is 1. The van der Waals surface area contributed by atoms with Gasteiger partial charge in [0.25, 0.3) is 0 Å². The zero-order valence-electron chi connectivity index (χ0n) is 9.63. The average molecular weight is 235 g/mol. The predicted molar refractivity (Wildman–Crippen MR) is 63.2 cm³/mol. The quantitative estimate of drug-likeness (QED) is 0.752. The standard InChI is InChI=1S/C12H17N3O2/c13-11-8-17-7-10(11)12(16)15-5-3-9-2-1-4-14-6-9/h1-2,4,6,10-11H,3,5,7-8,13H2,(H,15,16). The van der Waals surface area contributed by atoms with Crippen molar-refractivity contribution in [1.29, 1.82) is 0 Å². The number of rotatable bonds is 4. The third kappa shape index (κ3) is 3.25. The lowest BCUT2D eigenvalue weighted by Crippen LogP contribution is -2.41. The SMILES string of the molecule is NC1COCC1C(=O)NCCc1cccnc1. The van der Waals surface area contributed by atoms with E-state index in [1.807, 2.05) is 12.1 Å². The van der Waals surface area contributed by atoms with Crippen molar-refractivity contribution in [2.75, 3.05) is 19.8 Å². The summed E-state index contributed by atoms with van der Waals surface area (Å²) >= 11 is 0. The van der Waals surface area contributed by atoms with Gasteiger partial charge in [-0.15, -0.1) is 0 Å². The molecule has 1 aliphatic rings. The molecule has 2 atom stereocenters. The third-order valence-corrected chi connectivity index (χ3v) is 2.90. The van der Waals surface area contributed by atoms with Gasteiger partial charge in [0.1, 0.15) is 0 Å². The van der Waals surface area contributed by atoms with Crippen LogP contribution in [0.2, 0.25) is 0 Å². The maximum Gasteiger partial charge on any atom is 0.227 e. The Morgan fingerprint density at radius 3 is 3.12 bits per heavy atom. The minimum Gasteiger partial charge on any atom is -0.379 e. The Kier molecular flexibility index (Phi) is 4.06. The van der Waals surface area contributed by atoms with Crippen LogP contribution < -0.4 is 11.1 Å². The molecule has 3 N–H and O–H groups in total. The van der Waals surface area contributed by atoms with Crippen molar-refractivity contribution in [3.8, 4) is 0 Å². The normalized spacial score (nSPS) is 23.6. The molecule has 0 spiro atoms. The van der Waals surface area contributed by atoms with Crippen molar-refractivity contribution < 1.29 is 9.53 Å². The van der Waals surface area contributed by atoms with Crippen molar-refractivity contribution in [3.63, 3.8) is 0 Å². The molecule has 92 valence electrons. The Bertz CT molecular complexity index is 369. The van der Waals surface area contributed by atoms with Gasteiger partial charge in [-0.05, 0) is 18.1 Å². The van der Waals surface area contributed by atoms with Crippen molar-refractivity contribution >= 4 is 5.91 Å². The van der Waals surface area contributed by atoms with Gasteiger partial charge in [-0.25, -0.2) is 0 Å². The van der Waals surface area contributed by atoms with Crippen LogP contribution in [-0.4, -0.2) is 36.7 Å². The fourth-order valence-corrected chi connectivity index (χ4v) is 1.85. The second-order valence-corrected chi connectivity index (χ2v) is 4.21. The summed E-state index contributed by atoms with van der Waals surface area (Å²) in [6.07, 6.45) is 4.32.